The molecule has 1 fully saturated rings. The number of aromatic nitrogens is 2. The molecule has 2 aromatic rings. The fraction of sp³-hybridized carbons (Fsp3) is 0.524. The van der Waals surface area contributed by atoms with Crippen molar-refractivity contribution in [3.63, 3.8) is 0 Å². The lowest BCUT2D eigenvalue weighted by atomic mass is 9.93. The maximum Gasteiger partial charge on any atom is 0.222 e. The largest absolute Gasteiger partial charge is 0.343 e. The van der Waals surface area contributed by atoms with Crippen LogP contribution < -0.4 is 0 Å². The van der Waals surface area contributed by atoms with E-state index in [9.17, 15) is 4.79 Å². The molecule has 0 atom stereocenters. The first kappa shape index (κ1) is 19.2. The van der Waals surface area contributed by atoms with E-state index in [0.717, 1.165) is 44.8 Å². The number of rotatable bonds is 5. The van der Waals surface area contributed by atoms with E-state index in [0.29, 0.717) is 12.3 Å². The van der Waals surface area contributed by atoms with Gasteiger partial charge in [0.15, 0.2) is 0 Å². The first-order chi connectivity index (χ1) is 12.2. The molecule has 136 valence electrons. The summed E-state index contributed by atoms with van der Waals surface area (Å²) in [6, 6.07) is 12.0. The number of imidazole rings is 1. The zero-order chi connectivity index (χ0) is 17.9. The second-order valence-corrected chi connectivity index (χ2v) is 6.51. The first-order valence-corrected chi connectivity index (χ1v) is 9.52. The summed E-state index contributed by atoms with van der Waals surface area (Å²) in [5, 5.41) is 0. The van der Waals surface area contributed by atoms with Crippen LogP contribution in [0.15, 0.2) is 48.8 Å². The smallest absolute Gasteiger partial charge is 0.222 e. The number of hydrogen-bond donors (Lipinski definition) is 0. The van der Waals surface area contributed by atoms with Gasteiger partial charge in [-0.2, -0.15) is 0 Å². The SMILES string of the molecule is CCC(=O)N1CCC(CCn2ccnc2CC)CC1.c1ccccc1. The molecule has 25 heavy (non-hydrogen) atoms. The van der Waals surface area contributed by atoms with Gasteiger partial charge in [0.1, 0.15) is 5.82 Å². The number of carbonyl (C=O) groups is 1. The highest BCUT2D eigenvalue weighted by atomic mass is 16.2. The quantitative estimate of drug-likeness (QED) is 0.818. The van der Waals surface area contributed by atoms with Gasteiger partial charge in [-0.25, -0.2) is 4.98 Å². The van der Waals surface area contributed by atoms with Crippen LogP contribution in [0.25, 0.3) is 0 Å². The van der Waals surface area contributed by atoms with Gasteiger partial charge in [-0.1, -0.05) is 50.2 Å². The van der Waals surface area contributed by atoms with Gasteiger partial charge in [0, 0.05) is 44.9 Å². The maximum atomic E-state index is 11.6. The average Bonchev–Trinajstić information content (AvgIpc) is 3.15. The second-order valence-electron chi connectivity index (χ2n) is 6.51. The third-order valence-corrected chi connectivity index (χ3v) is 4.83. The number of aryl methyl sites for hydroxylation is 2. The number of piperidine rings is 1. The first-order valence-electron chi connectivity index (χ1n) is 9.52. The number of benzene rings is 1. The van der Waals surface area contributed by atoms with Crippen LogP contribution in [0.1, 0.15) is 45.4 Å². The minimum atomic E-state index is 0.307. The normalized spacial score (nSPS) is 14.7. The lowest BCUT2D eigenvalue weighted by Gasteiger charge is -2.32. The molecule has 0 N–H and O–H groups in total. The number of carbonyl (C=O) groups excluding carboxylic acids is 1. The van der Waals surface area contributed by atoms with Crippen molar-refractivity contribution < 1.29 is 4.79 Å². The maximum absolute atomic E-state index is 11.6. The summed E-state index contributed by atoms with van der Waals surface area (Å²) in [5.41, 5.74) is 0. The molecule has 1 aliphatic heterocycles. The molecule has 1 aromatic heterocycles. The highest BCUT2D eigenvalue weighted by molar-refractivity contribution is 5.75. The molecule has 1 aliphatic rings. The standard InChI is InChI=1S/C15H25N3O.C6H6/c1-3-14-16-8-12-17(14)9-5-13-6-10-18(11-7-13)15(19)4-2;1-2-4-6-5-3-1/h8,12-13H,3-7,9-11H2,1-2H3;1-6H. The van der Waals surface area contributed by atoms with Crippen molar-refractivity contribution in [1.29, 1.82) is 0 Å². The predicted molar refractivity (Wildman–Crippen MR) is 102 cm³/mol. The van der Waals surface area contributed by atoms with Gasteiger partial charge in [0.05, 0.1) is 0 Å². The molecule has 0 aliphatic carbocycles. The summed E-state index contributed by atoms with van der Waals surface area (Å²) >= 11 is 0. The van der Waals surface area contributed by atoms with Crippen molar-refractivity contribution in [3.8, 4) is 0 Å². The molecule has 3 rings (SSSR count). The van der Waals surface area contributed by atoms with Crippen LogP contribution in [0.4, 0.5) is 0 Å². The van der Waals surface area contributed by atoms with Gasteiger partial charge >= 0.3 is 0 Å². The van der Waals surface area contributed by atoms with E-state index in [1.807, 2.05) is 54.4 Å². The Labute approximate surface area is 151 Å². The molecule has 2 heterocycles. The Bertz CT molecular complexity index is 574. The van der Waals surface area contributed by atoms with Crippen molar-refractivity contribution in [2.45, 2.75) is 52.5 Å². The molecule has 4 nitrogen and oxygen atoms in total. The molecule has 0 radical (unpaired) electrons. The average molecular weight is 341 g/mol. The molecule has 1 aromatic carbocycles. The number of nitrogens with zero attached hydrogens (tertiary/aromatic N) is 3. The monoisotopic (exact) mass is 341 g/mol. The van der Waals surface area contributed by atoms with E-state index in [1.54, 1.807) is 0 Å². The van der Waals surface area contributed by atoms with E-state index >= 15 is 0 Å². The zero-order valence-corrected chi connectivity index (χ0v) is 15.6. The van der Waals surface area contributed by atoms with Crippen LogP contribution in [0.5, 0.6) is 0 Å². The second kappa shape index (κ2) is 10.7. The van der Waals surface area contributed by atoms with Crippen molar-refractivity contribution >= 4 is 5.91 Å². The Hall–Kier alpha value is -2.10. The fourth-order valence-electron chi connectivity index (χ4n) is 3.26. The topological polar surface area (TPSA) is 38.1 Å². The number of likely N-dealkylation sites (tertiary alicyclic amines) is 1. The molecule has 1 saturated heterocycles. The number of amides is 1. The molecule has 1 amide bonds. The molecule has 0 saturated carbocycles. The molecule has 0 spiro atoms. The van der Waals surface area contributed by atoms with Gasteiger partial charge in [0.25, 0.3) is 0 Å². The van der Waals surface area contributed by atoms with Crippen LogP contribution >= 0.6 is 0 Å². The summed E-state index contributed by atoms with van der Waals surface area (Å²) in [5.74, 6) is 2.24. The minimum absolute atomic E-state index is 0.307. The summed E-state index contributed by atoms with van der Waals surface area (Å²) < 4.78 is 2.27. The summed E-state index contributed by atoms with van der Waals surface area (Å²) in [6.07, 6.45) is 9.12. The van der Waals surface area contributed by atoms with Crippen LogP contribution in [-0.4, -0.2) is 33.4 Å². The molecule has 0 bridgehead atoms. The Morgan fingerprint density at radius 2 is 1.68 bits per heavy atom. The van der Waals surface area contributed by atoms with Gasteiger partial charge in [0.2, 0.25) is 5.91 Å². The van der Waals surface area contributed by atoms with Crippen molar-refractivity contribution in [3.05, 3.63) is 54.6 Å². The predicted octanol–water partition coefficient (Wildman–Crippen LogP) is 4.17. The number of hydrogen-bond acceptors (Lipinski definition) is 2. The van der Waals surface area contributed by atoms with E-state index in [4.69, 9.17) is 0 Å². The van der Waals surface area contributed by atoms with Gasteiger partial charge in [-0.3, -0.25) is 4.79 Å². The summed E-state index contributed by atoms with van der Waals surface area (Å²) in [7, 11) is 0. The summed E-state index contributed by atoms with van der Waals surface area (Å²) in [6.45, 7) is 7.05. The van der Waals surface area contributed by atoms with Crippen LogP contribution in [0, 0.1) is 5.92 Å². The lowest BCUT2D eigenvalue weighted by molar-refractivity contribution is -0.132. The van der Waals surface area contributed by atoms with E-state index in [2.05, 4.69) is 22.7 Å². The Kier molecular flexibility index (Phi) is 8.23. The third kappa shape index (κ3) is 6.37. The lowest BCUT2D eigenvalue weighted by Crippen LogP contribution is -2.38. The van der Waals surface area contributed by atoms with E-state index < -0.39 is 0 Å². The molecular weight excluding hydrogens is 310 g/mol. The van der Waals surface area contributed by atoms with E-state index in [-0.39, 0.29) is 0 Å². The Balaban J connectivity index is 0.000000316. The Morgan fingerprint density at radius 3 is 2.20 bits per heavy atom. The zero-order valence-electron chi connectivity index (χ0n) is 15.6. The highest BCUT2D eigenvalue weighted by Gasteiger charge is 2.21. The molecule has 4 heteroatoms. The Morgan fingerprint density at radius 1 is 1.08 bits per heavy atom. The minimum Gasteiger partial charge on any atom is -0.343 e. The van der Waals surface area contributed by atoms with E-state index in [1.165, 1.54) is 12.2 Å². The third-order valence-electron chi connectivity index (χ3n) is 4.83. The van der Waals surface area contributed by atoms with Gasteiger partial charge < -0.3 is 9.47 Å². The van der Waals surface area contributed by atoms with Crippen molar-refractivity contribution in [2.75, 3.05) is 13.1 Å². The highest BCUT2D eigenvalue weighted by Crippen LogP contribution is 2.21. The van der Waals surface area contributed by atoms with Crippen molar-refractivity contribution in [2.24, 2.45) is 5.92 Å². The molecular formula is C21H31N3O. The van der Waals surface area contributed by atoms with Gasteiger partial charge in [-0.05, 0) is 25.2 Å². The van der Waals surface area contributed by atoms with Crippen molar-refractivity contribution in [1.82, 2.24) is 14.5 Å². The molecule has 0 unspecified atom stereocenters. The summed E-state index contributed by atoms with van der Waals surface area (Å²) in [4.78, 5) is 18.0. The van der Waals surface area contributed by atoms with Crippen LogP contribution in [-0.2, 0) is 17.8 Å². The van der Waals surface area contributed by atoms with Crippen LogP contribution in [0.3, 0.4) is 0 Å². The van der Waals surface area contributed by atoms with Gasteiger partial charge in [-0.15, -0.1) is 0 Å². The fourth-order valence-corrected chi connectivity index (χ4v) is 3.26. The van der Waals surface area contributed by atoms with Crippen LogP contribution in [0.2, 0.25) is 0 Å².